The first-order valence-corrected chi connectivity index (χ1v) is 5.14. The Hall–Kier alpha value is -1.02. The van der Waals surface area contributed by atoms with Crippen LogP contribution in [0, 0.1) is 0 Å². The Labute approximate surface area is 84.8 Å². The molecule has 0 radical (unpaired) electrons. The van der Waals surface area contributed by atoms with Crippen molar-refractivity contribution in [1.29, 1.82) is 0 Å². The van der Waals surface area contributed by atoms with Crippen LogP contribution in [0.25, 0.3) is 0 Å². The SMILES string of the molecule is CCO[C@@]1(C)CCc2ccccc2O1. The smallest absolute Gasteiger partial charge is 0.208 e. The number of aryl methyl sites for hydroxylation is 1. The quantitative estimate of drug-likeness (QED) is 0.717. The second kappa shape index (κ2) is 3.62. The highest BCUT2D eigenvalue weighted by Gasteiger charge is 2.31. The van der Waals surface area contributed by atoms with Crippen LogP contribution in [0.4, 0.5) is 0 Å². The predicted octanol–water partition coefficient (Wildman–Crippen LogP) is 2.76. The van der Waals surface area contributed by atoms with Crippen LogP contribution in [-0.4, -0.2) is 12.4 Å². The fraction of sp³-hybridized carbons (Fsp3) is 0.500. The van der Waals surface area contributed by atoms with Gasteiger partial charge in [0.15, 0.2) is 0 Å². The van der Waals surface area contributed by atoms with Gasteiger partial charge >= 0.3 is 0 Å². The zero-order chi connectivity index (χ0) is 10.0. The minimum absolute atomic E-state index is 0.427. The minimum Gasteiger partial charge on any atom is -0.462 e. The number of ether oxygens (including phenoxy) is 2. The van der Waals surface area contributed by atoms with Crippen LogP contribution >= 0.6 is 0 Å². The van der Waals surface area contributed by atoms with E-state index in [1.807, 2.05) is 32.0 Å². The number of para-hydroxylation sites is 1. The summed E-state index contributed by atoms with van der Waals surface area (Å²) in [4.78, 5) is 0. The fourth-order valence-electron chi connectivity index (χ4n) is 1.86. The Kier molecular flexibility index (Phi) is 2.46. The summed E-state index contributed by atoms with van der Waals surface area (Å²) in [5, 5.41) is 0. The van der Waals surface area contributed by atoms with Crippen molar-refractivity contribution >= 4 is 0 Å². The normalized spacial score (nSPS) is 25.3. The topological polar surface area (TPSA) is 18.5 Å². The van der Waals surface area contributed by atoms with Crippen molar-refractivity contribution in [3.63, 3.8) is 0 Å². The first kappa shape index (κ1) is 9.53. The lowest BCUT2D eigenvalue weighted by Gasteiger charge is -2.35. The van der Waals surface area contributed by atoms with Gasteiger partial charge in [-0.15, -0.1) is 0 Å². The highest BCUT2D eigenvalue weighted by atomic mass is 16.7. The van der Waals surface area contributed by atoms with Crippen molar-refractivity contribution in [3.8, 4) is 5.75 Å². The zero-order valence-electron chi connectivity index (χ0n) is 8.75. The molecule has 0 aromatic heterocycles. The van der Waals surface area contributed by atoms with Crippen LogP contribution in [0.15, 0.2) is 24.3 Å². The van der Waals surface area contributed by atoms with Crippen LogP contribution in [-0.2, 0) is 11.2 Å². The Morgan fingerprint density at radius 3 is 3.00 bits per heavy atom. The first-order valence-electron chi connectivity index (χ1n) is 5.14. The third kappa shape index (κ3) is 1.75. The van der Waals surface area contributed by atoms with Crippen LogP contribution in [0.2, 0.25) is 0 Å². The van der Waals surface area contributed by atoms with Crippen LogP contribution in [0.1, 0.15) is 25.8 Å². The Morgan fingerprint density at radius 1 is 1.43 bits per heavy atom. The Balaban J connectivity index is 2.20. The molecule has 0 saturated carbocycles. The molecular weight excluding hydrogens is 176 g/mol. The number of hydrogen-bond acceptors (Lipinski definition) is 2. The lowest BCUT2D eigenvalue weighted by molar-refractivity contribution is -0.176. The molecule has 1 aromatic carbocycles. The minimum atomic E-state index is -0.427. The Morgan fingerprint density at radius 2 is 2.21 bits per heavy atom. The van der Waals surface area contributed by atoms with E-state index < -0.39 is 5.79 Å². The van der Waals surface area contributed by atoms with Crippen molar-refractivity contribution < 1.29 is 9.47 Å². The third-order valence-electron chi connectivity index (χ3n) is 2.60. The summed E-state index contributed by atoms with van der Waals surface area (Å²) in [7, 11) is 0. The summed E-state index contributed by atoms with van der Waals surface area (Å²) >= 11 is 0. The second-order valence-electron chi connectivity index (χ2n) is 3.78. The van der Waals surface area contributed by atoms with Gasteiger partial charge in [0.2, 0.25) is 5.79 Å². The molecule has 2 rings (SSSR count). The van der Waals surface area contributed by atoms with E-state index in [-0.39, 0.29) is 0 Å². The van der Waals surface area contributed by atoms with Gasteiger partial charge in [-0.3, -0.25) is 0 Å². The van der Waals surface area contributed by atoms with Crippen LogP contribution in [0.3, 0.4) is 0 Å². The highest BCUT2D eigenvalue weighted by Crippen LogP contribution is 2.33. The van der Waals surface area contributed by atoms with E-state index in [1.54, 1.807) is 0 Å². The summed E-state index contributed by atoms with van der Waals surface area (Å²) in [6, 6.07) is 8.16. The maximum absolute atomic E-state index is 5.84. The summed E-state index contributed by atoms with van der Waals surface area (Å²) in [6.45, 7) is 4.69. The molecule has 0 unspecified atom stereocenters. The molecule has 1 heterocycles. The van der Waals surface area contributed by atoms with E-state index in [2.05, 4.69) is 6.07 Å². The summed E-state index contributed by atoms with van der Waals surface area (Å²) in [5.41, 5.74) is 1.28. The van der Waals surface area contributed by atoms with Gasteiger partial charge < -0.3 is 9.47 Å². The lowest BCUT2D eigenvalue weighted by Crippen LogP contribution is -2.39. The van der Waals surface area contributed by atoms with E-state index in [4.69, 9.17) is 9.47 Å². The maximum Gasteiger partial charge on any atom is 0.208 e. The molecule has 14 heavy (non-hydrogen) atoms. The second-order valence-corrected chi connectivity index (χ2v) is 3.78. The average Bonchev–Trinajstić information content (AvgIpc) is 2.17. The molecule has 0 spiro atoms. The summed E-state index contributed by atoms with van der Waals surface area (Å²) in [5.74, 6) is 0.540. The van der Waals surface area contributed by atoms with Gasteiger partial charge in [0.05, 0.1) is 0 Å². The Bertz CT molecular complexity index is 322. The summed E-state index contributed by atoms with van der Waals surface area (Å²) < 4.78 is 11.4. The summed E-state index contributed by atoms with van der Waals surface area (Å²) in [6.07, 6.45) is 1.96. The van der Waals surface area contributed by atoms with Crippen molar-refractivity contribution in [3.05, 3.63) is 29.8 Å². The van der Waals surface area contributed by atoms with Crippen molar-refractivity contribution in [2.75, 3.05) is 6.61 Å². The van der Waals surface area contributed by atoms with E-state index in [0.717, 1.165) is 18.6 Å². The molecule has 1 aliphatic rings. The van der Waals surface area contributed by atoms with Gasteiger partial charge in [-0.2, -0.15) is 0 Å². The maximum atomic E-state index is 5.84. The molecule has 0 bridgehead atoms. The molecule has 2 heteroatoms. The van der Waals surface area contributed by atoms with Gasteiger partial charge in [0.25, 0.3) is 0 Å². The van der Waals surface area contributed by atoms with Crippen LogP contribution in [0.5, 0.6) is 5.75 Å². The van der Waals surface area contributed by atoms with Gasteiger partial charge in [-0.05, 0) is 25.0 Å². The largest absolute Gasteiger partial charge is 0.462 e. The molecule has 76 valence electrons. The molecule has 1 aliphatic heterocycles. The van der Waals surface area contributed by atoms with E-state index >= 15 is 0 Å². The molecular formula is C12H16O2. The fourth-order valence-corrected chi connectivity index (χ4v) is 1.86. The molecule has 0 amide bonds. The number of benzene rings is 1. The highest BCUT2D eigenvalue weighted by molar-refractivity contribution is 5.35. The van der Waals surface area contributed by atoms with Crippen LogP contribution < -0.4 is 4.74 Å². The van der Waals surface area contributed by atoms with E-state index in [9.17, 15) is 0 Å². The number of fused-ring (bicyclic) bond motifs is 1. The molecule has 1 atom stereocenters. The zero-order valence-corrected chi connectivity index (χ0v) is 8.75. The molecule has 0 N–H and O–H groups in total. The van der Waals surface area contributed by atoms with Gasteiger partial charge in [0.1, 0.15) is 5.75 Å². The molecule has 2 nitrogen and oxygen atoms in total. The molecule has 1 aromatic rings. The first-order chi connectivity index (χ1) is 6.73. The van der Waals surface area contributed by atoms with Gasteiger partial charge in [-0.25, -0.2) is 0 Å². The lowest BCUT2D eigenvalue weighted by atomic mass is 10.0. The monoisotopic (exact) mass is 192 g/mol. The molecule has 0 fully saturated rings. The average molecular weight is 192 g/mol. The van der Waals surface area contributed by atoms with E-state index in [0.29, 0.717) is 6.61 Å². The number of rotatable bonds is 2. The van der Waals surface area contributed by atoms with Crippen molar-refractivity contribution in [2.45, 2.75) is 32.5 Å². The van der Waals surface area contributed by atoms with Gasteiger partial charge in [0, 0.05) is 20.0 Å². The molecule has 0 aliphatic carbocycles. The molecule has 0 saturated heterocycles. The number of hydrogen-bond donors (Lipinski definition) is 0. The van der Waals surface area contributed by atoms with E-state index in [1.165, 1.54) is 5.56 Å². The standard InChI is InChI=1S/C12H16O2/c1-3-13-12(2)9-8-10-6-4-5-7-11(10)14-12/h4-7H,3,8-9H2,1-2H3/t12-/m1/s1. The van der Waals surface area contributed by atoms with Crippen molar-refractivity contribution in [2.24, 2.45) is 0 Å². The predicted molar refractivity (Wildman–Crippen MR) is 55.4 cm³/mol. The van der Waals surface area contributed by atoms with Crippen molar-refractivity contribution in [1.82, 2.24) is 0 Å². The third-order valence-corrected chi connectivity index (χ3v) is 2.60. The van der Waals surface area contributed by atoms with Gasteiger partial charge in [-0.1, -0.05) is 18.2 Å².